The Morgan fingerprint density at radius 2 is 1.91 bits per heavy atom. The van der Waals surface area contributed by atoms with E-state index in [-0.39, 0.29) is 35.0 Å². The van der Waals surface area contributed by atoms with E-state index in [1.54, 1.807) is 6.07 Å². The average molecular weight is 465 g/mol. The van der Waals surface area contributed by atoms with Crippen LogP contribution in [0.1, 0.15) is 41.7 Å². The van der Waals surface area contributed by atoms with E-state index in [0.29, 0.717) is 22.5 Å². The second-order valence-electron chi connectivity index (χ2n) is 7.80. The van der Waals surface area contributed by atoms with Crippen molar-refractivity contribution in [1.82, 2.24) is 15.3 Å². The summed E-state index contributed by atoms with van der Waals surface area (Å²) in [6.07, 6.45) is -0.419. The fourth-order valence-corrected chi connectivity index (χ4v) is 4.14. The van der Waals surface area contributed by atoms with E-state index in [1.807, 2.05) is 0 Å². The number of carbonyl (C=O) groups is 1. The van der Waals surface area contributed by atoms with Crippen molar-refractivity contribution in [3.63, 3.8) is 0 Å². The molecule has 32 heavy (non-hydrogen) atoms. The molecule has 0 spiro atoms. The number of carbonyl (C=O) groups excluding carboxylic acids is 1. The smallest absolute Gasteiger partial charge is 0.433 e. The largest absolute Gasteiger partial charge is 0.493 e. The summed E-state index contributed by atoms with van der Waals surface area (Å²) in [5.41, 5.74) is -0.184. The number of fused-ring (bicyclic) bond motifs is 1. The molecule has 10 heteroatoms. The normalized spacial score (nSPS) is 19.0. The number of halogens is 4. The topological polar surface area (TPSA) is 87.1 Å². The second-order valence-corrected chi connectivity index (χ2v) is 8.23. The van der Waals surface area contributed by atoms with E-state index < -0.39 is 11.9 Å². The lowest BCUT2D eigenvalue weighted by Gasteiger charge is -2.31. The third-order valence-corrected chi connectivity index (χ3v) is 5.67. The predicted molar refractivity (Wildman–Crippen MR) is 115 cm³/mol. The van der Waals surface area contributed by atoms with E-state index in [1.165, 1.54) is 30.5 Å². The van der Waals surface area contributed by atoms with Crippen LogP contribution in [0.25, 0.3) is 10.9 Å². The first kappa shape index (κ1) is 22.1. The van der Waals surface area contributed by atoms with Crippen molar-refractivity contribution in [2.75, 3.05) is 5.32 Å². The SMILES string of the molecule is O=C(N[C@@H]1CCC[C@H](Nc2cc(C(F)(F)F)nc3ccc(Cl)cc23)C1)c1ccnc(O)c1. The van der Waals surface area contributed by atoms with Gasteiger partial charge in [0.25, 0.3) is 5.91 Å². The Hall–Kier alpha value is -3.07. The molecule has 168 valence electrons. The first-order valence-corrected chi connectivity index (χ1v) is 10.5. The highest BCUT2D eigenvalue weighted by Gasteiger charge is 2.34. The van der Waals surface area contributed by atoms with E-state index >= 15 is 0 Å². The summed E-state index contributed by atoms with van der Waals surface area (Å²) in [7, 11) is 0. The molecule has 2 heterocycles. The number of aromatic hydroxyl groups is 1. The van der Waals surface area contributed by atoms with Crippen LogP contribution in [0.2, 0.25) is 5.02 Å². The van der Waals surface area contributed by atoms with Gasteiger partial charge in [-0.25, -0.2) is 9.97 Å². The molecular formula is C22H20ClF3N4O2. The molecule has 0 aliphatic heterocycles. The quantitative estimate of drug-likeness (QED) is 0.496. The molecule has 2 aromatic heterocycles. The molecule has 1 aromatic carbocycles. The molecule has 6 nitrogen and oxygen atoms in total. The van der Waals surface area contributed by atoms with Crippen LogP contribution in [0.4, 0.5) is 18.9 Å². The number of hydrogen-bond donors (Lipinski definition) is 3. The molecule has 0 radical (unpaired) electrons. The van der Waals surface area contributed by atoms with Crippen LogP contribution in [0.5, 0.6) is 5.88 Å². The minimum atomic E-state index is -4.58. The summed E-state index contributed by atoms with van der Waals surface area (Å²) < 4.78 is 40.1. The maximum absolute atomic E-state index is 13.4. The number of anilines is 1. The van der Waals surface area contributed by atoms with Crippen LogP contribution >= 0.6 is 11.6 Å². The van der Waals surface area contributed by atoms with Crippen LogP contribution in [0.3, 0.4) is 0 Å². The predicted octanol–water partition coefficient (Wildman–Crippen LogP) is 5.16. The molecular weight excluding hydrogens is 445 g/mol. The van der Waals surface area contributed by atoms with Gasteiger partial charge in [-0.15, -0.1) is 0 Å². The van der Waals surface area contributed by atoms with Crippen molar-refractivity contribution in [1.29, 1.82) is 0 Å². The fourth-order valence-electron chi connectivity index (χ4n) is 3.96. The third kappa shape index (κ3) is 5.04. The molecule has 1 aliphatic rings. The highest BCUT2D eigenvalue weighted by molar-refractivity contribution is 6.31. The Balaban J connectivity index is 1.53. The Morgan fingerprint density at radius 3 is 2.66 bits per heavy atom. The molecule has 1 aliphatic carbocycles. The van der Waals surface area contributed by atoms with Gasteiger partial charge < -0.3 is 15.7 Å². The summed E-state index contributed by atoms with van der Waals surface area (Å²) >= 11 is 6.07. The Bertz CT molecular complexity index is 1160. The lowest BCUT2D eigenvalue weighted by molar-refractivity contribution is -0.140. The maximum Gasteiger partial charge on any atom is 0.433 e. The number of amides is 1. The number of rotatable bonds is 4. The molecule has 1 amide bonds. The Morgan fingerprint density at radius 1 is 1.12 bits per heavy atom. The summed E-state index contributed by atoms with van der Waals surface area (Å²) in [6, 6.07) is 8.02. The van der Waals surface area contributed by atoms with Crippen LogP contribution < -0.4 is 10.6 Å². The third-order valence-electron chi connectivity index (χ3n) is 5.44. The minimum absolute atomic E-state index is 0.148. The number of nitrogens with zero attached hydrogens (tertiary/aromatic N) is 2. The van der Waals surface area contributed by atoms with E-state index in [2.05, 4.69) is 20.6 Å². The number of aromatic nitrogens is 2. The van der Waals surface area contributed by atoms with Gasteiger partial charge in [-0.1, -0.05) is 11.6 Å². The molecule has 4 rings (SSSR count). The van der Waals surface area contributed by atoms with Gasteiger partial charge >= 0.3 is 6.18 Å². The van der Waals surface area contributed by atoms with E-state index in [9.17, 15) is 23.1 Å². The number of hydrogen-bond acceptors (Lipinski definition) is 5. The van der Waals surface area contributed by atoms with E-state index in [0.717, 1.165) is 25.3 Å². The van der Waals surface area contributed by atoms with Crippen molar-refractivity contribution in [3.8, 4) is 5.88 Å². The van der Waals surface area contributed by atoms with Crippen molar-refractivity contribution < 1.29 is 23.1 Å². The maximum atomic E-state index is 13.4. The van der Waals surface area contributed by atoms with Crippen molar-refractivity contribution >= 4 is 34.1 Å². The fraction of sp³-hybridized carbons (Fsp3) is 0.318. The monoisotopic (exact) mass is 464 g/mol. The molecule has 1 fully saturated rings. The van der Waals surface area contributed by atoms with Gasteiger partial charge in [-0.2, -0.15) is 13.2 Å². The molecule has 0 saturated heterocycles. The summed E-state index contributed by atoms with van der Waals surface area (Å²) in [4.78, 5) is 19.9. The van der Waals surface area contributed by atoms with E-state index in [4.69, 9.17) is 11.6 Å². The summed E-state index contributed by atoms with van der Waals surface area (Å²) in [5, 5.41) is 16.5. The zero-order valence-electron chi connectivity index (χ0n) is 16.8. The van der Waals surface area contributed by atoms with Gasteiger partial charge in [-0.3, -0.25) is 4.79 Å². The molecule has 3 N–H and O–H groups in total. The van der Waals surface area contributed by atoms with Gasteiger partial charge in [0, 0.05) is 46.0 Å². The van der Waals surface area contributed by atoms with Crippen LogP contribution in [-0.2, 0) is 6.18 Å². The number of benzene rings is 1. The number of alkyl halides is 3. The molecule has 0 bridgehead atoms. The average Bonchev–Trinajstić information content (AvgIpc) is 2.73. The lowest BCUT2D eigenvalue weighted by Crippen LogP contribution is -2.41. The molecule has 2 atom stereocenters. The van der Waals surface area contributed by atoms with Crippen LogP contribution in [-0.4, -0.2) is 33.1 Å². The minimum Gasteiger partial charge on any atom is -0.493 e. The van der Waals surface area contributed by atoms with Crippen LogP contribution in [0.15, 0.2) is 42.6 Å². The summed E-state index contributed by atoms with van der Waals surface area (Å²) in [6.45, 7) is 0. The lowest BCUT2D eigenvalue weighted by atomic mass is 9.90. The standard InChI is InChI=1S/C22H20ClF3N4O2/c23-13-4-5-17-16(9-13)18(11-19(30-17)22(24,25)26)28-14-2-1-3-15(10-14)29-21(32)12-6-7-27-20(31)8-12/h4-9,11,14-15H,1-3,10H2,(H,27,31)(H,28,30)(H,29,32)/t14-,15+/m0/s1. The van der Waals surface area contributed by atoms with Crippen LogP contribution in [0, 0.1) is 0 Å². The zero-order valence-corrected chi connectivity index (χ0v) is 17.5. The number of pyridine rings is 2. The molecule has 1 saturated carbocycles. The number of nitrogens with one attached hydrogen (secondary N) is 2. The highest BCUT2D eigenvalue weighted by Crippen LogP contribution is 2.35. The van der Waals surface area contributed by atoms with Gasteiger partial charge in [0.1, 0.15) is 5.69 Å². The van der Waals surface area contributed by atoms with Crippen molar-refractivity contribution in [2.45, 2.75) is 43.9 Å². The van der Waals surface area contributed by atoms with Crippen molar-refractivity contribution in [3.05, 3.63) is 58.9 Å². The van der Waals surface area contributed by atoms with Gasteiger partial charge in [-0.05, 0) is 56.0 Å². The van der Waals surface area contributed by atoms with Gasteiger partial charge in [0.05, 0.1) is 5.52 Å². The first-order chi connectivity index (χ1) is 15.2. The first-order valence-electron chi connectivity index (χ1n) is 10.1. The second kappa shape index (κ2) is 8.82. The molecule has 0 unspecified atom stereocenters. The Kier molecular flexibility index (Phi) is 6.10. The van der Waals surface area contributed by atoms with Crippen molar-refractivity contribution in [2.24, 2.45) is 0 Å². The van der Waals surface area contributed by atoms with Gasteiger partial charge in [0.15, 0.2) is 0 Å². The Labute approximate surface area is 186 Å². The summed E-state index contributed by atoms with van der Waals surface area (Å²) in [5.74, 6) is -0.585. The zero-order chi connectivity index (χ0) is 22.9. The van der Waals surface area contributed by atoms with Gasteiger partial charge in [0.2, 0.25) is 5.88 Å². The highest BCUT2D eigenvalue weighted by atomic mass is 35.5. The molecule has 3 aromatic rings.